The normalized spacial score (nSPS) is 13.4. The van der Waals surface area contributed by atoms with E-state index < -0.39 is 17.8 Å². The van der Waals surface area contributed by atoms with Gasteiger partial charge in [-0.05, 0) is 24.6 Å². The zero-order valence-electron chi connectivity index (χ0n) is 10.8. The molecule has 1 unspecified atom stereocenters. The molecule has 0 fully saturated rings. The minimum atomic E-state index is -4.30. The lowest BCUT2D eigenvalue weighted by Gasteiger charge is -2.06. The molecule has 1 N–H and O–H groups in total. The first-order valence-corrected chi connectivity index (χ1v) is 6.94. The Morgan fingerprint density at radius 2 is 1.90 bits per heavy atom. The third-order valence-electron chi connectivity index (χ3n) is 2.73. The van der Waals surface area contributed by atoms with Crippen LogP contribution in [0.2, 0.25) is 0 Å². The smallest absolute Gasteiger partial charge is 0.393 e. The maximum atomic E-state index is 12.4. The summed E-state index contributed by atoms with van der Waals surface area (Å²) >= 11 is 1.47. The van der Waals surface area contributed by atoms with Crippen LogP contribution in [0.3, 0.4) is 0 Å². The molecule has 1 heterocycles. The number of benzene rings is 1. The van der Waals surface area contributed by atoms with Crippen molar-refractivity contribution in [1.29, 1.82) is 0 Å². The van der Waals surface area contributed by atoms with Crippen LogP contribution in [0, 0.1) is 0 Å². The van der Waals surface area contributed by atoms with Crippen LogP contribution in [-0.2, 0) is 19.0 Å². The number of aromatic nitrogens is 1. The first-order chi connectivity index (χ1) is 9.34. The van der Waals surface area contributed by atoms with Crippen molar-refractivity contribution in [1.82, 2.24) is 4.98 Å². The van der Waals surface area contributed by atoms with Gasteiger partial charge in [-0.15, -0.1) is 11.3 Å². The SMILES string of the molecule is CC(O)Cc1cnc(Cc2ccc(C(F)(F)F)cc2)s1. The lowest BCUT2D eigenvalue weighted by Crippen LogP contribution is -2.04. The summed E-state index contributed by atoms with van der Waals surface area (Å²) in [5.74, 6) is 0. The molecule has 2 rings (SSSR count). The van der Waals surface area contributed by atoms with Gasteiger partial charge in [0.1, 0.15) is 0 Å². The Hall–Kier alpha value is -1.40. The molecule has 0 aliphatic rings. The molecule has 6 heteroatoms. The Kier molecular flexibility index (Phi) is 4.45. The minimum absolute atomic E-state index is 0.422. The molecule has 0 saturated carbocycles. The zero-order chi connectivity index (χ0) is 14.8. The van der Waals surface area contributed by atoms with E-state index in [2.05, 4.69) is 4.98 Å². The molecule has 20 heavy (non-hydrogen) atoms. The number of aliphatic hydroxyl groups is 1. The number of halogens is 3. The van der Waals surface area contributed by atoms with E-state index in [4.69, 9.17) is 0 Å². The van der Waals surface area contributed by atoms with E-state index in [9.17, 15) is 18.3 Å². The number of aliphatic hydroxyl groups excluding tert-OH is 1. The molecule has 0 amide bonds. The first kappa shape index (κ1) is 15.0. The van der Waals surface area contributed by atoms with Crippen molar-refractivity contribution in [3.63, 3.8) is 0 Å². The van der Waals surface area contributed by atoms with Gasteiger partial charge in [0.15, 0.2) is 0 Å². The molecule has 0 aliphatic carbocycles. The highest BCUT2D eigenvalue weighted by molar-refractivity contribution is 7.11. The predicted molar refractivity (Wildman–Crippen MR) is 71.7 cm³/mol. The largest absolute Gasteiger partial charge is 0.416 e. The minimum Gasteiger partial charge on any atom is -0.393 e. The summed E-state index contributed by atoms with van der Waals surface area (Å²) in [7, 11) is 0. The predicted octanol–water partition coefficient (Wildman–Crippen LogP) is 3.68. The van der Waals surface area contributed by atoms with E-state index in [0.29, 0.717) is 12.8 Å². The van der Waals surface area contributed by atoms with E-state index in [1.54, 1.807) is 13.1 Å². The summed E-state index contributed by atoms with van der Waals surface area (Å²) < 4.78 is 37.3. The van der Waals surface area contributed by atoms with E-state index >= 15 is 0 Å². The maximum absolute atomic E-state index is 12.4. The Morgan fingerprint density at radius 1 is 1.25 bits per heavy atom. The third kappa shape index (κ3) is 4.05. The number of hydrogen-bond acceptors (Lipinski definition) is 3. The van der Waals surface area contributed by atoms with Crippen molar-refractivity contribution in [2.75, 3.05) is 0 Å². The standard InChI is InChI=1S/C14H14F3NOS/c1-9(19)6-12-8-18-13(20-12)7-10-2-4-11(5-3-10)14(15,16)17/h2-5,8-9,19H,6-7H2,1H3. The average Bonchev–Trinajstić information content (AvgIpc) is 2.75. The van der Waals surface area contributed by atoms with Crippen LogP contribution in [0.15, 0.2) is 30.5 Å². The van der Waals surface area contributed by atoms with Gasteiger partial charge in [0, 0.05) is 23.9 Å². The van der Waals surface area contributed by atoms with Gasteiger partial charge in [-0.2, -0.15) is 13.2 Å². The maximum Gasteiger partial charge on any atom is 0.416 e. The molecule has 108 valence electrons. The van der Waals surface area contributed by atoms with Gasteiger partial charge in [0.05, 0.1) is 16.7 Å². The molecular formula is C14H14F3NOS. The fraction of sp³-hybridized carbons (Fsp3) is 0.357. The quantitative estimate of drug-likeness (QED) is 0.934. The summed E-state index contributed by atoms with van der Waals surface area (Å²) in [4.78, 5) is 5.19. The fourth-order valence-electron chi connectivity index (χ4n) is 1.80. The zero-order valence-corrected chi connectivity index (χ0v) is 11.6. The highest BCUT2D eigenvalue weighted by Gasteiger charge is 2.29. The third-order valence-corrected chi connectivity index (χ3v) is 3.75. The number of rotatable bonds is 4. The van der Waals surface area contributed by atoms with Crippen LogP contribution in [0.25, 0.3) is 0 Å². The fourth-order valence-corrected chi connectivity index (χ4v) is 2.88. The van der Waals surface area contributed by atoms with Gasteiger partial charge in [-0.25, -0.2) is 4.98 Å². The molecule has 1 aromatic heterocycles. The van der Waals surface area contributed by atoms with Crippen LogP contribution in [0.1, 0.15) is 27.9 Å². The second-order valence-electron chi connectivity index (χ2n) is 4.64. The average molecular weight is 301 g/mol. The molecule has 1 aromatic carbocycles. The van der Waals surface area contributed by atoms with Gasteiger partial charge in [-0.3, -0.25) is 0 Å². The number of alkyl halides is 3. The van der Waals surface area contributed by atoms with Crippen molar-refractivity contribution in [3.8, 4) is 0 Å². The highest BCUT2D eigenvalue weighted by atomic mass is 32.1. The highest BCUT2D eigenvalue weighted by Crippen LogP contribution is 2.29. The summed E-state index contributed by atoms with van der Waals surface area (Å²) in [5, 5.41) is 10.1. The number of hydrogen-bond donors (Lipinski definition) is 1. The summed E-state index contributed by atoms with van der Waals surface area (Å²) in [5.41, 5.74) is 0.145. The Labute approximate surface area is 118 Å². The molecule has 0 aliphatic heterocycles. The van der Waals surface area contributed by atoms with Crippen LogP contribution in [0.4, 0.5) is 13.2 Å². The van der Waals surface area contributed by atoms with Crippen LogP contribution < -0.4 is 0 Å². The van der Waals surface area contributed by atoms with Gasteiger partial charge < -0.3 is 5.11 Å². The van der Waals surface area contributed by atoms with Crippen molar-refractivity contribution < 1.29 is 18.3 Å². The molecule has 0 spiro atoms. The van der Waals surface area contributed by atoms with Crippen molar-refractivity contribution in [2.45, 2.75) is 32.0 Å². The molecule has 2 aromatic rings. The summed E-state index contributed by atoms with van der Waals surface area (Å²) in [6.45, 7) is 1.70. The van der Waals surface area contributed by atoms with Crippen molar-refractivity contribution in [2.24, 2.45) is 0 Å². The monoisotopic (exact) mass is 301 g/mol. The first-order valence-electron chi connectivity index (χ1n) is 6.12. The van der Waals surface area contributed by atoms with Crippen molar-refractivity contribution >= 4 is 11.3 Å². The molecule has 0 saturated heterocycles. The summed E-state index contributed by atoms with van der Waals surface area (Å²) in [6.07, 6.45) is -1.97. The topological polar surface area (TPSA) is 33.1 Å². The Balaban J connectivity index is 2.05. The number of nitrogens with zero attached hydrogens (tertiary/aromatic N) is 1. The van der Waals surface area contributed by atoms with E-state index in [1.807, 2.05) is 0 Å². The van der Waals surface area contributed by atoms with E-state index in [0.717, 1.165) is 27.6 Å². The second-order valence-corrected chi connectivity index (χ2v) is 5.84. The molecule has 1 atom stereocenters. The van der Waals surface area contributed by atoms with Gasteiger partial charge in [-0.1, -0.05) is 12.1 Å². The van der Waals surface area contributed by atoms with E-state index in [-0.39, 0.29) is 0 Å². The van der Waals surface area contributed by atoms with E-state index in [1.165, 1.54) is 23.5 Å². The molecule has 0 bridgehead atoms. The van der Waals surface area contributed by atoms with Crippen LogP contribution >= 0.6 is 11.3 Å². The van der Waals surface area contributed by atoms with Gasteiger partial charge in [0.25, 0.3) is 0 Å². The van der Waals surface area contributed by atoms with Crippen molar-refractivity contribution in [3.05, 3.63) is 51.5 Å². The lowest BCUT2D eigenvalue weighted by atomic mass is 10.1. The molecule has 0 radical (unpaired) electrons. The second kappa shape index (κ2) is 5.93. The van der Waals surface area contributed by atoms with Gasteiger partial charge in [0.2, 0.25) is 0 Å². The van der Waals surface area contributed by atoms with Gasteiger partial charge >= 0.3 is 6.18 Å². The van der Waals surface area contributed by atoms with Crippen LogP contribution in [0.5, 0.6) is 0 Å². The lowest BCUT2D eigenvalue weighted by molar-refractivity contribution is -0.137. The number of thiazole rings is 1. The molecular weight excluding hydrogens is 287 g/mol. The summed E-state index contributed by atoms with van der Waals surface area (Å²) in [6, 6.07) is 5.11. The Morgan fingerprint density at radius 3 is 2.45 bits per heavy atom. The Bertz CT molecular complexity index is 561. The van der Waals surface area contributed by atoms with Crippen LogP contribution in [-0.4, -0.2) is 16.2 Å². The molecule has 2 nitrogen and oxygen atoms in total.